The van der Waals surface area contributed by atoms with Crippen LogP contribution in [0.2, 0.25) is 0 Å². The molecule has 0 aliphatic rings. The van der Waals surface area contributed by atoms with Crippen LogP contribution in [0.5, 0.6) is 11.5 Å². The summed E-state index contributed by atoms with van der Waals surface area (Å²) < 4.78 is 11.1. The van der Waals surface area contributed by atoms with Gasteiger partial charge < -0.3 is 9.47 Å². The van der Waals surface area contributed by atoms with Gasteiger partial charge in [-0.15, -0.1) is 0 Å². The van der Waals surface area contributed by atoms with Gasteiger partial charge in [0.15, 0.2) is 11.5 Å². The summed E-state index contributed by atoms with van der Waals surface area (Å²) in [6.45, 7) is 1.95. The van der Waals surface area contributed by atoms with E-state index in [0.717, 1.165) is 38.8 Å². The smallest absolute Gasteiger partial charge is 0.170 e. The molecule has 6 nitrogen and oxygen atoms in total. The van der Waals surface area contributed by atoms with Crippen LogP contribution >= 0.6 is 0 Å². The first-order valence-corrected chi connectivity index (χ1v) is 7.54. The minimum absolute atomic E-state index is 0.652. The number of aromatic nitrogens is 4. The first-order valence-electron chi connectivity index (χ1n) is 7.54. The maximum Gasteiger partial charge on any atom is 0.170 e. The molecule has 4 aromatic rings. The van der Waals surface area contributed by atoms with Gasteiger partial charge in [0.2, 0.25) is 0 Å². The highest BCUT2D eigenvalue weighted by molar-refractivity contribution is 6.13. The summed E-state index contributed by atoms with van der Waals surface area (Å²) in [5.74, 6) is 1.31. The van der Waals surface area contributed by atoms with Crippen molar-refractivity contribution in [3.05, 3.63) is 42.4 Å². The highest BCUT2D eigenvalue weighted by Crippen LogP contribution is 2.42. The Kier molecular flexibility index (Phi) is 3.30. The van der Waals surface area contributed by atoms with E-state index in [4.69, 9.17) is 14.5 Å². The minimum Gasteiger partial charge on any atom is -0.493 e. The van der Waals surface area contributed by atoms with E-state index in [9.17, 15) is 0 Å². The minimum atomic E-state index is 0.652. The Morgan fingerprint density at radius 2 is 1.92 bits per heavy atom. The molecule has 1 aromatic carbocycles. The zero-order valence-corrected chi connectivity index (χ0v) is 13.6. The molecule has 0 bridgehead atoms. The van der Waals surface area contributed by atoms with E-state index in [-0.39, 0.29) is 0 Å². The Hall–Kier alpha value is -3.15. The van der Waals surface area contributed by atoms with Crippen molar-refractivity contribution in [3.63, 3.8) is 0 Å². The van der Waals surface area contributed by atoms with Crippen LogP contribution in [0.3, 0.4) is 0 Å². The molecule has 0 radical (unpaired) electrons. The van der Waals surface area contributed by atoms with Crippen LogP contribution in [0.15, 0.2) is 36.7 Å². The number of rotatable bonds is 3. The second-order valence-electron chi connectivity index (χ2n) is 5.47. The molecule has 0 fully saturated rings. The van der Waals surface area contributed by atoms with Gasteiger partial charge in [-0.3, -0.25) is 10.1 Å². The van der Waals surface area contributed by atoms with Crippen molar-refractivity contribution in [2.75, 3.05) is 14.2 Å². The first-order chi connectivity index (χ1) is 11.7. The van der Waals surface area contributed by atoms with Crippen molar-refractivity contribution in [2.24, 2.45) is 0 Å². The molecule has 0 saturated heterocycles. The van der Waals surface area contributed by atoms with Crippen LogP contribution < -0.4 is 9.47 Å². The van der Waals surface area contributed by atoms with Gasteiger partial charge in [0.25, 0.3) is 0 Å². The Morgan fingerprint density at radius 1 is 1.04 bits per heavy atom. The summed E-state index contributed by atoms with van der Waals surface area (Å²) in [7, 11) is 3.26. The van der Waals surface area contributed by atoms with Gasteiger partial charge in [-0.1, -0.05) is 0 Å². The summed E-state index contributed by atoms with van der Waals surface area (Å²) in [6.07, 6.45) is 3.55. The van der Waals surface area contributed by atoms with Crippen LogP contribution in [-0.2, 0) is 0 Å². The van der Waals surface area contributed by atoms with Gasteiger partial charge in [0, 0.05) is 23.3 Å². The fourth-order valence-corrected chi connectivity index (χ4v) is 2.99. The molecule has 24 heavy (non-hydrogen) atoms. The normalized spacial score (nSPS) is 11.1. The predicted octanol–water partition coefficient (Wildman–Crippen LogP) is 3.50. The molecule has 6 heteroatoms. The van der Waals surface area contributed by atoms with Crippen LogP contribution in [-0.4, -0.2) is 34.4 Å². The van der Waals surface area contributed by atoms with E-state index in [1.54, 1.807) is 26.6 Å². The summed E-state index contributed by atoms with van der Waals surface area (Å²) in [5, 5.41) is 9.26. The highest BCUT2D eigenvalue weighted by atomic mass is 16.5. The fraction of sp³-hybridized carbons (Fsp3) is 0.167. The number of hydrogen-bond donors (Lipinski definition) is 1. The number of benzene rings is 1. The van der Waals surface area contributed by atoms with Crippen molar-refractivity contribution in [2.45, 2.75) is 6.92 Å². The number of pyridine rings is 2. The van der Waals surface area contributed by atoms with E-state index < -0.39 is 0 Å². The van der Waals surface area contributed by atoms with E-state index in [2.05, 4.69) is 15.2 Å². The summed E-state index contributed by atoms with van der Waals surface area (Å²) >= 11 is 0. The number of ether oxygens (including phenoxy) is 2. The Balaban J connectivity index is 2.22. The standard InChI is InChI=1S/C18H16N4O2/c1-10-15-17(22-21-10)14-12(6-7-13(23-2)18(14)24-3)16(20-15)11-5-4-8-19-9-11/h4-9H,1-3H3,(H,21,22). The molecular formula is C18H16N4O2. The third kappa shape index (κ3) is 2.00. The van der Waals surface area contributed by atoms with Crippen LogP contribution in [0.1, 0.15) is 5.69 Å². The van der Waals surface area contributed by atoms with Gasteiger partial charge in [-0.25, -0.2) is 4.98 Å². The molecule has 0 unspecified atom stereocenters. The first kappa shape index (κ1) is 14.4. The largest absolute Gasteiger partial charge is 0.493 e. The third-order valence-electron chi connectivity index (χ3n) is 4.11. The van der Waals surface area contributed by atoms with Crippen LogP contribution in [0.4, 0.5) is 0 Å². The molecular weight excluding hydrogens is 304 g/mol. The number of nitrogens with zero attached hydrogens (tertiary/aromatic N) is 3. The number of aromatic amines is 1. The number of methoxy groups -OCH3 is 2. The molecule has 120 valence electrons. The number of aryl methyl sites for hydroxylation is 1. The van der Waals surface area contributed by atoms with Crippen molar-refractivity contribution >= 4 is 21.8 Å². The van der Waals surface area contributed by atoms with Gasteiger partial charge in [0.1, 0.15) is 11.0 Å². The zero-order valence-electron chi connectivity index (χ0n) is 13.6. The molecule has 1 N–H and O–H groups in total. The molecule has 0 amide bonds. The number of H-pyrrole nitrogens is 1. The molecule has 0 spiro atoms. The SMILES string of the molecule is COc1ccc2c(-c3cccnc3)nc3c(C)[nH]nc3c2c1OC. The monoisotopic (exact) mass is 320 g/mol. The second-order valence-corrected chi connectivity index (χ2v) is 5.47. The molecule has 0 aliphatic heterocycles. The number of fused-ring (bicyclic) bond motifs is 3. The molecule has 0 aliphatic carbocycles. The van der Waals surface area contributed by atoms with Crippen molar-refractivity contribution in [1.29, 1.82) is 0 Å². The van der Waals surface area contributed by atoms with Crippen LogP contribution in [0, 0.1) is 6.92 Å². The maximum atomic E-state index is 5.64. The Bertz CT molecular complexity index is 1040. The van der Waals surface area contributed by atoms with E-state index in [1.807, 2.05) is 31.2 Å². The Morgan fingerprint density at radius 3 is 2.62 bits per heavy atom. The highest BCUT2D eigenvalue weighted by Gasteiger charge is 2.20. The molecule has 3 heterocycles. The van der Waals surface area contributed by atoms with Gasteiger partial charge in [0.05, 0.1) is 31.0 Å². The molecule has 0 atom stereocenters. The lowest BCUT2D eigenvalue weighted by Gasteiger charge is -2.13. The zero-order chi connectivity index (χ0) is 16.7. The fourth-order valence-electron chi connectivity index (χ4n) is 2.99. The van der Waals surface area contributed by atoms with Crippen molar-refractivity contribution in [3.8, 4) is 22.8 Å². The Labute approximate surface area is 138 Å². The maximum absolute atomic E-state index is 5.64. The lowest BCUT2D eigenvalue weighted by Crippen LogP contribution is -1.95. The lowest BCUT2D eigenvalue weighted by atomic mass is 10.0. The summed E-state index contributed by atoms with van der Waals surface area (Å²) in [5.41, 5.74) is 4.27. The molecule has 0 saturated carbocycles. The topological polar surface area (TPSA) is 72.9 Å². The van der Waals surface area contributed by atoms with Crippen LogP contribution in [0.25, 0.3) is 33.1 Å². The summed E-state index contributed by atoms with van der Waals surface area (Å²) in [6, 6.07) is 7.76. The summed E-state index contributed by atoms with van der Waals surface area (Å²) in [4.78, 5) is 9.05. The second kappa shape index (κ2) is 5.49. The van der Waals surface area contributed by atoms with E-state index in [0.29, 0.717) is 11.5 Å². The van der Waals surface area contributed by atoms with Gasteiger partial charge in [-0.2, -0.15) is 5.10 Å². The van der Waals surface area contributed by atoms with Gasteiger partial charge in [-0.05, 0) is 31.2 Å². The van der Waals surface area contributed by atoms with E-state index >= 15 is 0 Å². The lowest BCUT2D eigenvalue weighted by molar-refractivity contribution is 0.358. The number of nitrogens with one attached hydrogen (secondary N) is 1. The van der Waals surface area contributed by atoms with E-state index in [1.165, 1.54) is 0 Å². The average Bonchev–Trinajstić information content (AvgIpc) is 3.01. The van der Waals surface area contributed by atoms with Crippen molar-refractivity contribution < 1.29 is 9.47 Å². The van der Waals surface area contributed by atoms with Crippen molar-refractivity contribution in [1.82, 2.24) is 20.2 Å². The van der Waals surface area contributed by atoms with Gasteiger partial charge >= 0.3 is 0 Å². The predicted molar refractivity (Wildman–Crippen MR) is 92.5 cm³/mol. The number of hydrogen-bond acceptors (Lipinski definition) is 5. The average molecular weight is 320 g/mol. The molecule has 4 rings (SSSR count). The quantitative estimate of drug-likeness (QED) is 0.625. The third-order valence-corrected chi connectivity index (χ3v) is 4.11. The molecule has 3 aromatic heterocycles.